The van der Waals surface area contributed by atoms with Crippen molar-refractivity contribution in [3.63, 3.8) is 0 Å². The van der Waals surface area contributed by atoms with Gasteiger partial charge >= 0.3 is 0 Å². The SMILES string of the molecule is c1ccc2[nH]c(Oc3ccc(CCN4CCCCC4)cc3)nc2c1. The van der Waals surface area contributed by atoms with Crippen LogP contribution in [-0.2, 0) is 6.42 Å². The number of nitrogens with zero attached hydrogens (tertiary/aromatic N) is 2. The average molecular weight is 321 g/mol. The fourth-order valence-corrected chi connectivity index (χ4v) is 3.28. The van der Waals surface area contributed by atoms with Crippen LogP contribution in [0.4, 0.5) is 0 Å². The Bertz CT molecular complexity index is 755. The molecule has 0 aliphatic carbocycles. The number of benzene rings is 2. The predicted molar refractivity (Wildman–Crippen MR) is 96.6 cm³/mol. The summed E-state index contributed by atoms with van der Waals surface area (Å²) in [5.41, 5.74) is 3.27. The lowest BCUT2D eigenvalue weighted by molar-refractivity contribution is 0.231. The van der Waals surface area contributed by atoms with Crippen molar-refractivity contribution in [3.8, 4) is 11.8 Å². The number of para-hydroxylation sites is 2. The number of nitrogens with one attached hydrogen (secondary N) is 1. The number of hydrogen-bond acceptors (Lipinski definition) is 3. The summed E-state index contributed by atoms with van der Waals surface area (Å²) in [6.45, 7) is 3.67. The number of imidazole rings is 1. The Morgan fingerprint density at radius 2 is 1.75 bits per heavy atom. The highest BCUT2D eigenvalue weighted by atomic mass is 16.5. The van der Waals surface area contributed by atoms with Gasteiger partial charge in [0.05, 0.1) is 11.0 Å². The predicted octanol–water partition coefficient (Wildman–Crippen LogP) is 4.38. The standard InChI is InChI=1S/C20H23N3O/c1-4-13-23(14-5-1)15-12-16-8-10-17(11-9-16)24-20-21-18-6-2-3-7-19(18)22-20/h2-3,6-11H,1,4-5,12-15H2,(H,21,22). The fourth-order valence-electron chi connectivity index (χ4n) is 3.28. The van der Waals surface area contributed by atoms with Gasteiger partial charge in [-0.2, -0.15) is 4.98 Å². The molecule has 0 radical (unpaired) electrons. The van der Waals surface area contributed by atoms with Crippen molar-refractivity contribution < 1.29 is 4.74 Å². The van der Waals surface area contributed by atoms with Gasteiger partial charge < -0.3 is 14.6 Å². The molecule has 0 bridgehead atoms. The third-order valence-electron chi connectivity index (χ3n) is 4.67. The number of ether oxygens (including phenoxy) is 1. The van der Waals surface area contributed by atoms with Crippen LogP contribution in [0.2, 0.25) is 0 Å². The fraction of sp³-hybridized carbons (Fsp3) is 0.350. The van der Waals surface area contributed by atoms with Crippen molar-refractivity contribution in [1.82, 2.24) is 14.9 Å². The second kappa shape index (κ2) is 7.05. The summed E-state index contributed by atoms with van der Waals surface area (Å²) in [5.74, 6) is 0.816. The summed E-state index contributed by atoms with van der Waals surface area (Å²) in [5, 5.41) is 0. The van der Waals surface area contributed by atoms with Crippen LogP contribution in [0.3, 0.4) is 0 Å². The zero-order chi connectivity index (χ0) is 16.2. The zero-order valence-electron chi connectivity index (χ0n) is 13.9. The Kier molecular flexibility index (Phi) is 4.47. The molecule has 0 saturated carbocycles. The molecule has 1 N–H and O–H groups in total. The summed E-state index contributed by atoms with van der Waals surface area (Å²) in [4.78, 5) is 10.2. The van der Waals surface area contributed by atoms with E-state index in [1.54, 1.807) is 0 Å². The third kappa shape index (κ3) is 3.60. The molecule has 0 atom stereocenters. The Morgan fingerprint density at radius 3 is 2.54 bits per heavy atom. The maximum atomic E-state index is 5.84. The molecule has 124 valence electrons. The molecule has 1 aliphatic heterocycles. The van der Waals surface area contributed by atoms with Gasteiger partial charge in [-0.1, -0.05) is 30.7 Å². The van der Waals surface area contributed by atoms with Gasteiger partial charge in [0.1, 0.15) is 5.75 Å². The quantitative estimate of drug-likeness (QED) is 0.758. The number of hydrogen-bond donors (Lipinski definition) is 1. The second-order valence-corrected chi connectivity index (χ2v) is 6.46. The molecule has 2 aromatic carbocycles. The lowest BCUT2D eigenvalue weighted by Gasteiger charge is -2.26. The van der Waals surface area contributed by atoms with Crippen LogP contribution in [0.15, 0.2) is 48.5 Å². The Balaban J connectivity index is 1.36. The molecule has 3 aromatic rings. The third-order valence-corrected chi connectivity index (χ3v) is 4.67. The van der Waals surface area contributed by atoms with Gasteiger partial charge in [0, 0.05) is 6.54 Å². The Morgan fingerprint density at radius 1 is 0.958 bits per heavy atom. The summed E-state index contributed by atoms with van der Waals surface area (Å²) < 4.78 is 5.84. The van der Waals surface area contributed by atoms with Gasteiger partial charge in [0.15, 0.2) is 0 Å². The van der Waals surface area contributed by atoms with E-state index in [-0.39, 0.29) is 0 Å². The minimum Gasteiger partial charge on any atom is -0.426 e. The van der Waals surface area contributed by atoms with E-state index in [2.05, 4.69) is 27.0 Å². The van der Waals surface area contributed by atoms with E-state index in [0.29, 0.717) is 6.01 Å². The topological polar surface area (TPSA) is 41.1 Å². The van der Waals surface area contributed by atoms with Crippen LogP contribution < -0.4 is 4.74 Å². The van der Waals surface area contributed by atoms with Crippen molar-refractivity contribution in [3.05, 3.63) is 54.1 Å². The Hall–Kier alpha value is -2.33. The number of fused-ring (bicyclic) bond motifs is 1. The molecule has 1 saturated heterocycles. The monoisotopic (exact) mass is 321 g/mol. The molecule has 0 unspecified atom stereocenters. The summed E-state index contributed by atoms with van der Waals surface area (Å²) in [7, 11) is 0. The van der Waals surface area contributed by atoms with E-state index < -0.39 is 0 Å². The summed E-state index contributed by atoms with van der Waals surface area (Å²) in [6, 6.07) is 16.8. The maximum Gasteiger partial charge on any atom is 0.300 e. The first-order valence-corrected chi connectivity index (χ1v) is 8.81. The van der Waals surface area contributed by atoms with Crippen molar-refractivity contribution in [2.45, 2.75) is 25.7 Å². The molecule has 2 heterocycles. The van der Waals surface area contributed by atoms with Crippen molar-refractivity contribution >= 4 is 11.0 Å². The zero-order valence-corrected chi connectivity index (χ0v) is 13.9. The van der Waals surface area contributed by atoms with Crippen LogP contribution in [0, 0.1) is 0 Å². The van der Waals surface area contributed by atoms with Gasteiger partial charge in [-0.3, -0.25) is 0 Å². The molecule has 24 heavy (non-hydrogen) atoms. The van der Waals surface area contributed by atoms with E-state index in [4.69, 9.17) is 4.74 Å². The molecular formula is C20H23N3O. The van der Waals surface area contributed by atoms with E-state index in [0.717, 1.165) is 29.7 Å². The molecule has 1 fully saturated rings. The molecule has 4 nitrogen and oxygen atoms in total. The van der Waals surface area contributed by atoms with E-state index in [1.165, 1.54) is 37.9 Å². The van der Waals surface area contributed by atoms with E-state index in [1.807, 2.05) is 36.4 Å². The number of likely N-dealkylation sites (tertiary alicyclic amines) is 1. The number of rotatable bonds is 5. The van der Waals surface area contributed by atoms with Crippen LogP contribution in [0.1, 0.15) is 24.8 Å². The van der Waals surface area contributed by atoms with Gasteiger partial charge in [0.2, 0.25) is 0 Å². The minimum absolute atomic E-state index is 0.539. The normalized spacial score (nSPS) is 15.7. The molecule has 1 aromatic heterocycles. The highest BCUT2D eigenvalue weighted by Gasteiger charge is 2.10. The van der Waals surface area contributed by atoms with Gasteiger partial charge in [-0.15, -0.1) is 0 Å². The molecule has 0 spiro atoms. The van der Waals surface area contributed by atoms with Crippen LogP contribution in [0.5, 0.6) is 11.8 Å². The highest BCUT2D eigenvalue weighted by Crippen LogP contribution is 2.22. The van der Waals surface area contributed by atoms with Crippen molar-refractivity contribution in [2.75, 3.05) is 19.6 Å². The van der Waals surface area contributed by atoms with Gasteiger partial charge in [0.25, 0.3) is 6.01 Å². The lowest BCUT2D eigenvalue weighted by atomic mass is 10.1. The summed E-state index contributed by atoms with van der Waals surface area (Å²) >= 11 is 0. The Labute approximate surface area is 142 Å². The first-order valence-electron chi connectivity index (χ1n) is 8.81. The second-order valence-electron chi connectivity index (χ2n) is 6.46. The number of aromatic nitrogens is 2. The number of H-pyrrole nitrogens is 1. The van der Waals surface area contributed by atoms with E-state index >= 15 is 0 Å². The number of aromatic amines is 1. The minimum atomic E-state index is 0.539. The molecule has 1 aliphatic rings. The first-order chi connectivity index (χ1) is 11.9. The van der Waals surface area contributed by atoms with Crippen LogP contribution >= 0.6 is 0 Å². The van der Waals surface area contributed by atoms with Crippen LogP contribution in [-0.4, -0.2) is 34.5 Å². The molecular weight excluding hydrogens is 298 g/mol. The van der Waals surface area contributed by atoms with Crippen LogP contribution in [0.25, 0.3) is 11.0 Å². The molecule has 4 heteroatoms. The van der Waals surface area contributed by atoms with Gasteiger partial charge in [-0.25, -0.2) is 0 Å². The highest BCUT2D eigenvalue weighted by molar-refractivity contribution is 5.75. The lowest BCUT2D eigenvalue weighted by Crippen LogP contribution is -2.31. The maximum absolute atomic E-state index is 5.84. The first kappa shape index (κ1) is 15.2. The van der Waals surface area contributed by atoms with Crippen molar-refractivity contribution in [1.29, 1.82) is 0 Å². The number of piperidine rings is 1. The molecule has 4 rings (SSSR count). The van der Waals surface area contributed by atoms with E-state index in [9.17, 15) is 0 Å². The average Bonchev–Trinajstić information content (AvgIpc) is 3.04. The molecule has 0 amide bonds. The smallest absolute Gasteiger partial charge is 0.300 e. The largest absolute Gasteiger partial charge is 0.426 e. The van der Waals surface area contributed by atoms with Crippen molar-refractivity contribution in [2.24, 2.45) is 0 Å². The summed E-state index contributed by atoms with van der Waals surface area (Å²) in [6.07, 6.45) is 5.20. The van der Waals surface area contributed by atoms with Gasteiger partial charge in [-0.05, 0) is 62.2 Å².